The molecule has 232 valence electrons. The smallest absolute Gasteiger partial charge is 0.341 e. The number of nitrogens with zero attached hydrogens (tertiary/aromatic N) is 2. The Morgan fingerprint density at radius 2 is 1.62 bits per heavy atom. The molecule has 0 saturated heterocycles. The number of benzene rings is 3. The molecule has 0 bridgehead atoms. The van der Waals surface area contributed by atoms with Crippen LogP contribution in [-0.4, -0.2) is 42.1 Å². The van der Waals surface area contributed by atoms with E-state index in [1.807, 2.05) is 0 Å². The van der Waals surface area contributed by atoms with Crippen molar-refractivity contribution in [2.24, 2.45) is 17.6 Å². The number of fused-ring (bicyclic) bond motifs is 1. The van der Waals surface area contributed by atoms with Crippen molar-refractivity contribution in [3.63, 3.8) is 0 Å². The van der Waals surface area contributed by atoms with Gasteiger partial charge in [-0.3, -0.25) is 19.5 Å². The number of carboxylic acid groups (broad SMARTS) is 1. The van der Waals surface area contributed by atoms with Gasteiger partial charge in [0.2, 0.25) is 5.91 Å². The molecule has 1 aliphatic rings. The summed E-state index contributed by atoms with van der Waals surface area (Å²) in [6.45, 7) is 3.42. The summed E-state index contributed by atoms with van der Waals surface area (Å²) in [4.78, 5) is 44.7. The van der Waals surface area contributed by atoms with Crippen molar-refractivity contribution in [3.8, 4) is 23.0 Å². The van der Waals surface area contributed by atoms with Gasteiger partial charge in [0.05, 0.1) is 19.7 Å². The highest BCUT2D eigenvalue weighted by molar-refractivity contribution is 6.24. The normalized spacial score (nSPS) is 18.1. The number of rotatable bonds is 9. The quantitative estimate of drug-likeness (QED) is 0.240. The van der Waals surface area contributed by atoms with Crippen LogP contribution in [-0.2, 0) is 19.9 Å². The molecule has 1 aromatic heterocycles. The van der Waals surface area contributed by atoms with Crippen LogP contribution in [0, 0.1) is 23.5 Å². The predicted molar refractivity (Wildman–Crippen MR) is 160 cm³/mol. The number of pyridine rings is 1. The minimum atomic E-state index is -2.10. The van der Waals surface area contributed by atoms with Crippen molar-refractivity contribution in [1.29, 1.82) is 0 Å². The first-order valence-electron chi connectivity index (χ1n) is 13.8. The number of hydrogen-bond acceptors (Lipinski definition) is 7. The molecule has 0 radical (unpaired) electrons. The Morgan fingerprint density at radius 3 is 2.20 bits per heavy atom. The van der Waals surface area contributed by atoms with Gasteiger partial charge < -0.3 is 25.1 Å². The van der Waals surface area contributed by atoms with Crippen LogP contribution in [0.15, 0.2) is 78.5 Å². The van der Waals surface area contributed by atoms with Gasteiger partial charge in [-0.25, -0.2) is 13.6 Å². The first kappa shape index (κ1) is 30.9. The van der Waals surface area contributed by atoms with Gasteiger partial charge >= 0.3 is 5.97 Å². The van der Waals surface area contributed by atoms with Crippen LogP contribution in [0.5, 0.6) is 23.0 Å². The van der Waals surface area contributed by atoms with Gasteiger partial charge in [-0.1, -0.05) is 26.0 Å². The van der Waals surface area contributed by atoms with Gasteiger partial charge in [0.25, 0.3) is 5.91 Å². The Balaban J connectivity index is 1.68. The van der Waals surface area contributed by atoms with E-state index in [4.69, 9.17) is 19.9 Å². The van der Waals surface area contributed by atoms with Crippen LogP contribution < -0.4 is 24.8 Å². The van der Waals surface area contributed by atoms with Crippen molar-refractivity contribution in [2.75, 3.05) is 19.1 Å². The van der Waals surface area contributed by atoms with E-state index in [-0.39, 0.29) is 22.7 Å². The van der Waals surface area contributed by atoms with Gasteiger partial charge in [-0.05, 0) is 60.0 Å². The van der Waals surface area contributed by atoms with Crippen LogP contribution in [0.4, 0.5) is 14.5 Å². The predicted octanol–water partition coefficient (Wildman–Crippen LogP) is 5.33. The fraction of sp³-hybridized carbons (Fsp3) is 0.212. The largest absolute Gasteiger partial charge is 0.493 e. The maximum Gasteiger partial charge on any atom is 0.341 e. The Labute approximate surface area is 256 Å². The first-order chi connectivity index (χ1) is 21.4. The Hall–Kier alpha value is -5.52. The van der Waals surface area contributed by atoms with Gasteiger partial charge in [0.15, 0.2) is 28.6 Å². The number of nitrogens with two attached hydrogens (primary N) is 1. The van der Waals surface area contributed by atoms with Gasteiger partial charge in [-0.15, -0.1) is 0 Å². The molecule has 4 aromatic rings. The second kappa shape index (κ2) is 11.9. The zero-order chi connectivity index (χ0) is 32.6. The van der Waals surface area contributed by atoms with Crippen molar-refractivity contribution in [3.05, 3.63) is 95.7 Å². The van der Waals surface area contributed by atoms with E-state index in [1.165, 1.54) is 56.8 Å². The summed E-state index contributed by atoms with van der Waals surface area (Å²) in [6.07, 6.45) is 2.65. The molecule has 3 N–H and O–H groups in total. The molecule has 12 heteroatoms. The average Bonchev–Trinajstić information content (AvgIpc) is 3.01. The number of carbonyl (C=O) groups excluding carboxylic acids is 2. The zero-order valence-corrected chi connectivity index (χ0v) is 24.7. The van der Waals surface area contributed by atoms with E-state index in [0.29, 0.717) is 22.4 Å². The SMILES string of the molecule is COc1cc2nccc(Oc3ccc(C4(C(N)=O)C(C(C)C)C=C(C(=O)O)C(=O)N4c4ccc(F)cc4)cc3F)c2cc1OC. The second-order valence-corrected chi connectivity index (χ2v) is 10.7. The summed E-state index contributed by atoms with van der Waals surface area (Å²) in [5.41, 5.74) is 3.80. The van der Waals surface area contributed by atoms with Gasteiger partial charge in [-0.2, -0.15) is 0 Å². The minimum Gasteiger partial charge on any atom is -0.493 e. The van der Waals surface area contributed by atoms with Crippen molar-refractivity contribution < 1.29 is 42.5 Å². The summed E-state index contributed by atoms with van der Waals surface area (Å²) in [6, 6.07) is 13.1. The highest BCUT2D eigenvalue weighted by Crippen LogP contribution is 2.48. The Bertz CT molecular complexity index is 1860. The minimum absolute atomic E-state index is 0.00827. The monoisotopic (exact) mass is 617 g/mol. The fourth-order valence-corrected chi connectivity index (χ4v) is 5.76. The van der Waals surface area contributed by atoms with E-state index in [2.05, 4.69) is 4.98 Å². The molecule has 0 saturated carbocycles. The molecule has 3 aromatic carbocycles. The summed E-state index contributed by atoms with van der Waals surface area (Å²) >= 11 is 0. The highest BCUT2D eigenvalue weighted by atomic mass is 19.1. The summed E-state index contributed by atoms with van der Waals surface area (Å²) in [5.74, 6) is -5.82. The Morgan fingerprint density at radius 1 is 0.956 bits per heavy atom. The van der Waals surface area contributed by atoms with E-state index < -0.39 is 52.4 Å². The number of amides is 2. The van der Waals surface area contributed by atoms with Gasteiger partial charge in [0.1, 0.15) is 17.1 Å². The number of carbonyl (C=O) groups is 3. The van der Waals surface area contributed by atoms with Crippen LogP contribution in [0.3, 0.4) is 0 Å². The third-order valence-corrected chi connectivity index (χ3v) is 7.82. The van der Waals surface area contributed by atoms with E-state index in [0.717, 1.165) is 23.1 Å². The van der Waals surface area contributed by atoms with E-state index >= 15 is 4.39 Å². The molecule has 45 heavy (non-hydrogen) atoms. The number of anilines is 1. The lowest BCUT2D eigenvalue weighted by molar-refractivity contribution is -0.137. The number of hydrogen-bond donors (Lipinski definition) is 2. The fourth-order valence-electron chi connectivity index (χ4n) is 5.76. The number of primary amides is 1. The highest BCUT2D eigenvalue weighted by Gasteiger charge is 2.57. The molecule has 0 spiro atoms. The molecule has 0 aliphatic carbocycles. The van der Waals surface area contributed by atoms with Gasteiger partial charge in [0, 0.05) is 29.3 Å². The van der Waals surface area contributed by atoms with Crippen molar-refractivity contribution >= 4 is 34.4 Å². The molecule has 2 unspecified atom stereocenters. The molecule has 10 nitrogen and oxygen atoms in total. The number of methoxy groups -OCH3 is 2. The maximum absolute atomic E-state index is 16.0. The third-order valence-electron chi connectivity index (χ3n) is 7.82. The molecule has 2 atom stereocenters. The molecular weight excluding hydrogens is 588 g/mol. The standard InChI is InChI=1S/C33H29F2N3O7/c1-17(2)23-14-22(31(40)41)30(39)38(20-8-6-19(34)7-9-20)33(23,32(36)42)18-5-10-27(24(35)13-18)45-26-11-12-37-25-16-29(44-4)28(43-3)15-21(25)26/h5-17,23H,1-4H3,(H2,36,42)(H,40,41). The van der Waals surface area contributed by atoms with Crippen LogP contribution in [0.1, 0.15) is 19.4 Å². The second-order valence-electron chi connectivity index (χ2n) is 10.7. The van der Waals surface area contributed by atoms with Crippen LogP contribution in [0.2, 0.25) is 0 Å². The zero-order valence-electron chi connectivity index (χ0n) is 24.7. The number of halogens is 2. The van der Waals surface area contributed by atoms with Crippen LogP contribution in [0.25, 0.3) is 10.9 Å². The van der Waals surface area contributed by atoms with E-state index in [9.17, 15) is 23.9 Å². The molecule has 2 heterocycles. The van der Waals surface area contributed by atoms with Crippen molar-refractivity contribution in [2.45, 2.75) is 19.4 Å². The molecular formula is C33H29F2N3O7. The van der Waals surface area contributed by atoms with Crippen molar-refractivity contribution in [1.82, 2.24) is 4.98 Å². The topological polar surface area (TPSA) is 141 Å². The average molecular weight is 618 g/mol. The van der Waals surface area contributed by atoms with E-state index in [1.54, 1.807) is 26.0 Å². The molecule has 1 aliphatic heterocycles. The van der Waals surface area contributed by atoms with Crippen LogP contribution >= 0.6 is 0 Å². The third kappa shape index (κ3) is 5.17. The number of aromatic nitrogens is 1. The summed E-state index contributed by atoms with van der Waals surface area (Å²) in [7, 11) is 2.96. The number of aliphatic carboxylic acids is 1. The maximum atomic E-state index is 16.0. The number of carboxylic acids is 1. The molecule has 0 fully saturated rings. The lowest BCUT2D eigenvalue weighted by atomic mass is 9.67. The lowest BCUT2D eigenvalue weighted by Crippen LogP contribution is -2.65. The lowest BCUT2D eigenvalue weighted by Gasteiger charge is -2.50. The first-order valence-corrected chi connectivity index (χ1v) is 13.8. The Kier molecular flexibility index (Phi) is 8.16. The summed E-state index contributed by atoms with van der Waals surface area (Å²) < 4.78 is 46.6. The summed E-state index contributed by atoms with van der Waals surface area (Å²) in [5, 5.41) is 10.4. The molecule has 2 amide bonds. The number of ether oxygens (including phenoxy) is 3. The molecule has 5 rings (SSSR count).